The van der Waals surface area contributed by atoms with E-state index in [1.54, 1.807) is 6.07 Å². The first-order valence-corrected chi connectivity index (χ1v) is 8.88. The van der Waals surface area contributed by atoms with E-state index in [0.29, 0.717) is 29.7 Å². The number of halogens is 2. The molecule has 6 nitrogen and oxygen atoms in total. The Morgan fingerprint density at radius 2 is 2.12 bits per heavy atom. The lowest BCUT2D eigenvalue weighted by Crippen LogP contribution is -2.24. The van der Waals surface area contributed by atoms with Crippen molar-refractivity contribution in [2.45, 2.75) is 13.5 Å². The second-order valence-electron chi connectivity index (χ2n) is 4.88. The number of hydrazone groups is 1. The molecule has 0 aliphatic carbocycles. The quantitative estimate of drug-likeness (QED) is 0.363. The molecule has 0 aliphatic heterocycles. The molecule has 2 amide bonds. The molecule has 0 atom stereocenters. The maximum absolute atomic E-state index is 10.7. The van der Waals surface area contributed by atoms with Gasteiger partial charge in [0.2, 0.25) is 0 Å². The number of ether oxygens (including phenoxy) is 2. The molecule has 0 fully saturated rings. The van der Waals surface area contributed by atoms with E-state index in [0.717, 1.165) is 14.7 Å². The highest BCUT2D eigenvalue weighted by atomic mass is 127. The van der Waals surface area contributed by atoms with E-state index in [1.165, 1.54) is 6.21 Å². The summed E-state index contributed by atoms with van der Waals surface area (Å²) in [4.78, 5) is 10.7. The molecular weight excluding hydrogens is 457 g/mol. The van der Waals surface area contributed by atoms with Crippen molar-refractivity contribution in [2.75, 3.05) is 6.61 Å². The molecule has 0 radical (unpaired) electrons. The summed E-state index contributed by atoms with van der Waals surface area (Å²) in [6, 6.07) is 10.4. The van der Waals surface area contributed by atoms with Crippen LogP contribution < -0.4 is 20.6 Å². The highest BCUT2D eigenvalue weighted by Gasteiger charge is 2.13. The SMILES string of the molecule is CCOc1cc(C=NNC(N)=O)cc(I)c1OCc1ccccc1Cl. The van der Waals surface area contributed by atoms with Crippen molar-refractivity contribution in [2.24, 2.45) is 10.8 Å². The number of carbonyl (C=O) groups excluding carboxylic acids is 1. The van der Waals surface area contributed by atoms with Crippen LogP contribution in [0.3, 0.4) is 0 Å². The summed E-state index contributed by atoms with van der Waals surface area (Å²) < 4.78 is 12.4. The van der Waals surface area contributed by atoms with E-state index in [2.05, 4.69) is 33.1 Å². The number of primary amides is 1. The zero-order valence-electron chi connectivity index (χ0n) is 13.5. The molecule has 25 heavy (non-hydrogen) atoms. The third-order valence-corrected chi connectivity index (χ3v) is 4.22. The Hall–Kier alpha value is -2.00. The van der Waals surface area contributed by atoms with E-state index in [4.69, 9.17) is 26.8 Å². The van der Waals surface area contributed by atoms with Crippen molar-refractivity contribution in [3.05, 3.63) is 56.1 Å². The first-order valence-electron chi connectivity index (χ1n) is 7.42. The van der Waals surface area contributed by atoms with Gasteiger partial charge in [-0.1, -0.05) is 29.8 Å². The van der Waals surface area contributed by atoms with Gasteiger partial charge in [-0.05, 0) is 53.3 Å². The first-order chi connectivity index (χ1) is 12.0. The number of nitrogens with zero attached hydrogens (tertiary/aromatic N) is 1. The number of urea groups is 1. The smallest absolute Gasteiger partial charge is 0.332 e. The molecule has 8 heteroatoms. The molecule has 0 aliphatic rings. The van der Waals surface area contributed by atoms with Crippen molar-refractivity contribution in [1.29, 1.82) is 0 Å². The molecule has 3 N–H and O–H groups in total. The van der Waals surface area contributed by atoms with Crippen LogP contribution >= 0.6 is 34.2 Å². The van der Waals surface area contributed by atoms with Crippen molar-refractivity contribution >= 4 is 46.4 Å². The minimum absolute atomic E-state index is 0.326. The number of hydrogen-bond acceptors (Lipinski definition) is 4. The predicted molar refractivity (Wildman–Crippen MR) is 106 cm³/mol. The summed E-state index contributed by atoms with van der Waals surface area (Å²) in [5.41, 5.74) is 8.76. The molecular formula is C17H17ClIN3O3. The molecule has 0 unspecified atom stereocenters. The lowest BCUT2D eigenvalue weighted by atomic mass is 10.2. The molecule has 0 heterocycles. The normalized spacial score (nSPS) is 10.7. The van der Waals surface area contributed by atoms with E-state index < -0.39 is 6.03 Å². The third kappa shape index (κ3) is 5.79. The van der Waals surface area contributed by atoms with E-state index in [9.17, 15) is 4.79 Å². The summed E-state index contributed by atoms with van der Waals surface area (Å²) in [6.45, 7) is 2.70. The Balaban J connectivity index is 2.23. The molecule has 0 saturated heterocycles. The number of carbonyl (C=O) groups is 1. The van der Waals surface area contributed by atoms with Crippen LogP contribution in [0.15, 0.2) is 41.5 Å². The number of amides is 2. The van der Waals surface area contributed by atoms with Crippen molar-refractivity contribution < 1.29 is 14.3 Å². The van der Waals surface area contributed by atoms with Crippen LogP contribution in [0.1, 0.15) is 18.1 Å². The van der Waals surface area contributed by atoms with Crippen molar-refractivity contribution in [3.8, 4) is 11.5 Å². The topological polar surface area (TPSA) is 85.9 Å². The fraction of sp³-hybridized carbons (Fsp3) is 0.176. The zero-order chi connectivity index (χ0) is 18.2. The number of rotatable bonds is 7. The molecule has 132 valence electrons. The maximum Gasteiger partial charge on any atom is 0.332 e. The molecule has 0 aromatic heterocycles. The predicted octanol–water partition coefficient (Wildman–Crippen LogP) is 3.92. The minimum atomic E-state index is -0.726. The Morgan fingerprint density at radius 1 is 1.36 bits per heavy atom. The van der Waals surface area contributed by atoms with Crippen LogP contribution in [0.4, 0.5) is 4.79 Å². The Labute approximate surface area is 164 Å². The summed E-state index contributed by atoms with van der Waals surface area (Å²) >= 11 is 8.32. The fourth-order valence-corrected chi connectivity index (χ4v) is 2.97. The number of nitrogens with two attached hydrogens (primary N) is 1. The van der Waals surface area contributed by atoms with Gasteiger partial charge in [-0.3, -0.25) is 0 Å². The largest absolute Gasteiger partial charge is 0.490 e. The van der Waals surface area contributed by atoms with Gasteiger partial charge >= 0.3 is 6.03 Å². The van der Waals surface area contributed by atoms with Crippen LogP contribution in [-0.2, 0) is 6.61 Å². The Morgan fingerprint density at radius 3 is 2.80 bits per heavy atom. The lowest BCUT2D eigenvalue weighted by Gasteiger charge is -2.15. The summed E-state index contributed by atoms with van der Waals surface area (Å²) in [7, 11) is 0. The number of nitrogens with one attached hydrogen (secondary N) is 1. The van der Waals surface area contributed by atoms with Crippen molar-refractivity contribution in [3.63, 3.8) is 0 Å². The maximum atomic E-state index is 10.7. The van der Waals surface area contributed by atoms with Gasteiger partial charge in [0.25, 0.3) is 0 Å². The molecule has 2 rings (SSSR count). The van der Waals surface area contributed by atoms with Crippen LogP contribution in [0, 0.1) is 3.57 Å². The Kier molecular flexibility index (Phi) is 7.32. The minimum Gasteiger partial charge on any atom is -0.490 e. The average molecular weight is 474 g/mol. The number of benzene rings is 2. The molecule has 0 saturated carbocycles. The van der Waals surface area contributed by atoms with Gasteiger partial charge in [-0.2, -0.15) is 5.10 Å². The average Bonchev–Trinajstić information content (AvgIpc) is 2.55. The molecule has 0 bridgehead atoms. The van der Waals surface area contributed by atoms with Gasteiger partial charge in [0, 0.05) is 10.6 Å². The second kappa shape index (κ2) is 9.47. The summed E-state index contributed by atoms with van der Waals surface area (Å²) in [6.07, 6.45) is 1.48. The second-order valence-corrected chi connectivity index (χ2v) is 6.45. The summed E-state index contributed by atoms with van der Waals surface area (Å²) in [5, 5.41) is 4.40. The fourth-order valence-electron chi connectivity index (χ4n) is 2.00. The van der Waals surface area contributed by atoms with Gasteiger partial charge in [0.05, 0.1) is 16.4 Å². The number of hydrogen-bond donors (Lipinski definition) is 2. The summed E-state index contributed by atoms with van der Waals surface area (Å²) in [5.74, 6) is 1.21. The highest BCUT2D eigenvalue weighted by molar-refractivity contribution is 14.1. The van der Waals surface area contributed by atoms with Crippen LogP contribution in [0.2, 0.25) is 5.02 Å². The monoisotopic (exact) mass is 473 g/mol. The van der Waals surface area contributed by atoms with Gasteiger partial charge < -0.3 is 15.2 Å². The van der Waals surface area contributed by atoms with Crippen LogP contribution in [0.25, 0.3) is 0 Å². The molecule has 2 aromatic rings. The van der Waals surface area contributed by atoms with Gasteiger partial charge in [0.1, 0.15) is 6.61 Å². The van der Waals surface area contributed by atoms with Crippen molar-refractivity contribution in [1.82, 2.24) is 5.43 Å². The van der Waals surface area contributed by atoms with Gasteiger partial charge in [-0.15, -0.1) is 0 Å². The molecule has 2 aromatic carbocycles. The van der Waals surface area contributed by atoms with E-state index in [1.807, 2.05) is 37.3 Å². The van der Waals surface area contributed by atoms with E-state index >= 15 is 0 Å². The van der Waals surface area contributed by atoms with Crippen LogP contribution in [0.5, 0.6) is 11.5 Å². The van der Waals surface area contributed by atoms with E-state index in [-0.39, 0.29) is 0 Å². The van der Waals surface area contributed by atoms with Crippen LogP contribution in [-0.4, -0.2) is 18.9 Å². The zero-order valence-corrected chi connectivity index (χ0v) is 16.4. The standard InChI is InChI=1S/C17H17ClIN3O3/c1-2-24-15-8-11(9-21-22-17(20)23)7-14(19)16(15)25-10-12-5-3-4-6-13(12)18/h3-9H,2,10H2,1H3,(H3,20,22,23). The molecule has 0 spiro atoms. The highest BCUT2D eigenvalue weighted by Crippen LogP contribution is 2.35. The first kappa shape index (κ1) is 19.3. The van der Waals surface area contributed by atoms with Gasteiger partial charge in [0.15, 0.2) is 11.5 Å². The third-order valence-electron chi connectivity index (χ3n) is 3.05. The lowest BCUT2D eigenvalue weighted by molar-refractivity contribution is 0.249. The Bertz CT molecular complexity index is 784. The van der Waals surface area contributed by atoms with Gasteiger partial charge in [-0.25, -0.2) is 10.2 Å².